The predicted molar refractivity (Wildman–Crippen MR) is 80.9 cm³/mol. The smallest absolute Gasteiger partial charge is 0.370 e. The molecule has 1 saturated heterocycles. The van der Waals surface area contributed by atoms with Crippen molar-refractivity contribution in [1.82, 2.24) is 0 Å². The molecule has 1 rings (SSSR count). The largest absolute Gasteiger partial charge is 0.478 e. The van der Waals surface area contributed by atoms with Gasteiger partial charge in [0.05, 0.1) is 0 Å². The molecule has 20 heavy (non-hydrogen) atoms. The Morgan fingerprint density at radius 1 is 1.35 bits per heavy atom. The second-order valence-electron chi connectivity index (χ2n) is 4.86. The van der Waals surface area contributed by atoms with Crippen molar-refractivity contribution in [1.29, 1.82) is 0 Å². The molecule has 1 fully saturated rings. The molecule has 0 spiro atoms. The summed E-state index contributed by atoms with van der Waals surface area (Å²) in [5, 5.41) is 7.48. The molecule has 1 unspecified atom stereocenters. The number of carboxylic acid groups (broad SMARTS) is 1. The van der Waals surface area contributed by atoms with E-state index in [0.717, 1.165) is 31.4 Å². The quantitative estimate of drug-likeness (QED) is 0.604. The molecule has 118 valence electrons. The van der Waals surface area contributed by atoms with E-state index >= 15 is 0 Å². The standard InChI is InChI=1S/C11H24O3Si.C3H4O2/c1-5-8-11(12-2)9-6-7-10-15(11,13-3)14-4;1-2-3(4)5/h5-10H2,1-4H3;2H,1H2,(H,4,5). The third-order valence-corrected chi connectivity index (χ3v) is 8.33. The summed E-state index contributed by atoms with van der Waals surface area (Å²) in [5.74, 6) is -0.981. The Morgan fingerprint density at radius 3 is 2.25 bits per heavy atom. The number of hydrogen-bond acceptors (Lipinski definition) is 4. The molecule has 6 heteroatoms. The van der Waals surface area contributed by atoms with Gasteiger partial charge in [-0.05, 0) is 18.9 Å². The van der Waals surface area contributed by atoms with Gasteiger partial charge in [0.25, 0.3) is 0 Å². The monoisotopic (exact) mass is 304 g/mol. The van der Waals surface area contributed by atoms with Crippen LogP contribution in [0.15, 0.2) is 12.7 Å². The maximum absolute atomic E-state index is 9.25. The van der Waals surface area contributed by atoms with Crippen molar-refractivity contribution in [3.05, 3.63) is 12.7 Å². The van der Waals surface area contributed by atoms with Crippen molar-refractivity contribution in [3.8, 4) is 0 Å². The van der Waals surface area contributed by atoms with E-state index in [2.05, 4.69) is 13.5 Å². The summed E-state index contributed by atoms with van der Waals surface area (Å²) in [6.45, 7) is 5.15. The second-order valence-corrected chi connectivity index (χ2v) is 8.59. The van der Waals surface area contributed by atoms with Gasteiger partial charge < -0.3 is 18.7 Å². The molecule has 1 aliphatic rings. The average Bonchev–Trinajstić information content (AvgIpc) is 2.48. The second kappa shape index (κ2) is 9.28. The van der Waals surface area contributed by atoms with Gasteiger partial charge in [0.15, 0.2) is 0 Å². The molecular formula is C14H28O5Si. The van der Waals surface area contributed by atoms with E-state index in [1.54, 1.807) is 21.3 Å². The Morgan fingerprint density at radius 2 is 1.90 bits per heavy atom. The molecule has 0 radical (unpaired) electrons. The molecule has 0 aromatic heterocycles. The summed E-state index contributed by atoms with van der Waals surface area (Å²) in [5.41, 5.74) is 0. The van der Waals surface area contributed by atoms with Crippen molar-refractivity contribution >= 4 is 14.5 Å². The molecule has 1 heterocycles. The highest BCUT2D eigenvalue weighted by Crippen LogP contribution is 2.42. The highest BCUT2D eigenvalue weighted by Gasteiger charge is 2.58. The highest BCUT2D eigenvalue weighted by atomic mass is 28.4. The molecule has 0 saturated carbocycles. The van der Waals surface area contributed by atoms with Gasteiger partial charge in [0.2, 0.25) is 0 Å². The normalized spacial score (nSPS) is 24.4. The number of ether oxygens (including phenoxy) is 1. The number of aliphatic carboxylic acids is 1. The van der Waals surface area contributed by atoms with Crippen molar-refractivity contribution in [3.63, 3.8) is 0 Å². The molecule has 1 atom stereocenters. The Labute approximate surface area is 123 Å². The fourth-order valence-corrected chi connectivity index (χ4v) is 6.91. The molecule has 0 bridgehead atoms. The molecule has 0 aromatic carbocycles. The van der Waals surface area contributed by atoms with E-state index in [-0.39, 0.29) is 5.22 Å². The zero-order valence-electron chi connectivity index (χ0n) is 13.1. The lowest BCUT2D eigenvalue weighted by molar-refractivity contribution is -0.131. The lowest BCUT2D eigenvalue weighted by Gasteiger charge is -2.47. The predicted octanol–water partition coefficient (Wildman–Crippen LogP) is 2.89. The topological polar surface area (TPSA) is 65.0 Å². The first kappa shape index (κ1) is 19.3. The zero-order chi connectivity index (χ0) is 15.6. The lowest BCUT2D eigenvalue weighted by atomic mass is 10.1. The van der Waals surface area contributed by atoms with Gasteiger partial charge in [-0.3, -0.25) is 0 Å². The number of methoxy groups -OCH3 is 1. The summed E-state index contributed by atoms with van der Waals surface area (Å²) < 4.78 is 17.4. The summed E-state index contributed by atoms with van der Waals surface area (Å²) in [6.07, 6.45) is 6.54. The Kier molecular flexibility index (Phi) is 8.96. The van der Waals surface area contributed by atoms with Crippen LogP contribution in [0.4, 0.5) is 0 Å². The summed E-state index contributed by atoms with van der Waals surface area (Å²) in [7, 11) is 3.22. The van der Waals surface area contributed by atoms with Crippen LogP contribution in [0.2, 0.25) is 6.04 Å². The zero-order valence-corrected chi connectivity index (χ0v) is 14.1. The van der Waals surface area contributed by atoms with E-state index in [1.807, 2.05) is 0 Å². The van der Waals surface area contributed by atoms with E-state index in [0.29, 0.717) is 0 Å². The molecule has 0 amide bonds. The van der Waals surface area contributed by atoms with E-state index in [1.165, 1.54) is 12.8 Å². The minimum Gasteiger partial charge on any atom is -0.478 e. The Balaban J connectivity index is 0.000000621. The van der Waals surface area contributed by atoms with Crippen LogP contribution in [0, 0.1) is 0 Å². The van der Waals surface area contributed by atoms with Gasteiger partial charge in [-0.1, -0.05) is 32.8 Å². The van der Waals surface area contributed by atoms with E-state index in [4.69, 9.17) is 18.7 Å². The molecular weight excluding hydrogens is 276 g/mol. The van der Waals surface area contributed by atoms with Gasteiger partial charge in [0.1, 0.15) is 5.22 Å². The third-order valence-electron chi connectivity index (χ3n) is 3.91. The number of carboxylic acids is 1. The van der Waals surface area contributed by atoms with Crippen molar-refractivity contribution in [2.75, 3.05) is 21.3 Å². The van der Waals surface area contributed by atoms with Crippen molar-refractivity contribution < 1.29 is 23.5 Å². The average molecular weight is 304 g/mol. The van der Waals surface area contributed by atoms with Crippen LogP contribution in [0.3, 0.4) is 0 Å². The molecule has 1 aliphatic heterocycles. The highest BCUT2D eigenvalue weighted by molar-refractivity contribution is 6.70. The molecule has 0 aromatic rings. The third kappa shape index (κ3) is 4.41. The first-order chi connectivity index (χ1) is 9.47. The Hall–Kier alpha value is -0.693. The summed E-state index contributed by atoms with van der Waals surface area (Å²) in [4.78, 5) is 9.25. The van der Waals surface area contributed by atoms with Crippen LogP contribution in [-0.4, -0.2) is 46.2 Å². The SMILES string of the molecule is C=CC(=O)O.CCCC1(OC)CCCC[Si]1(OC)OC. The summed E-state index contributed by atoms with van der Waals surface area (Å²) >= 11 is 0. The van der Waals surface area contributed by atoms with Crippen LogP contribution >= 0.6 is 0 Å². The molecule has 0 aliphatic carbocycles. The van der Waals surface area contributed by atoms with Crippen LogP contribution < -0.4 is 0 Å². The van der Waals surface area contributed by atoms with E-state index in [9.17, 15) is 4.79 Å². The van der Waals surface area contributed by atoms with Crippen LogP contribution in [0.25, 0.3) is 0 Å². The number of carbonyl (C=O) groups is 1. The number of hydrogen-bond donors (Lipinski definition) is 1. The van der Waals surface area contributed by atoms with Crippen LogP contribution in [0.1, 0.15) is 39.0 Å². The molecule has 1 N–H and O–H groups in total. The fourth-order valence-electron chi connectivity index (χ4n) is 2.92. The maximum atomic E-state index is 9.25. The lowest BCUT2D eigenvalue weighted by Crippen LogP contribution is -2.64. The first-order valence-corrected chi connectivity index (χ1v) is 9.00. The summed E-state index contributed by atoms with van der Waals surface area (Å²) in [6, 6.07) is 1.06. The minimum absolute atomic E-state index is 0.122. The van der Waals surface area contributed by atoms with Crippen LogP contribution in [0.5, 0.6) is 0 Å². The van der Waals surface area contributed by atoms with E-state index < -0.39 is 14.5 Å². The number of rotatable bonds is 6. The van der Waals surface area contributed by atoms with Crippen molar-refractivity contribution in [2.24, 2.45) is 0 Å². The fraction of sp³-hybridized carbons (Fsp3) is 0.786. The first-order valence-electron chi connectivity index (χ1n) is 6.98. The van der Waals surface area contributed by atoms with Gasteiger partial charge in [-0.2, -0.15) is 0 Å². The van der Waals surface area contributed by atoms with Gasteiger partial charge in [0, 0.05) is 27.4 Å². The molecule has 5 nitrogen and oxygen atoms in total. The van der Waals surface area contributed by atoms with Gasteiger partial charge in [-0.25, -0.2) is 4.79 Å². The van der Waals surface area contributed by atoms with Gasteiger partial charge >= 0.3 is 14.5 Å². The van der Waals surface area contributed by atoms with Crippen molar-refractivity contribution in [2.45, 2.75) is 50.3 Å². The van der Waals surface area contributed by atoms with Crippen LogP contribution in [-0.2, 0) is 18.4 Å². The minimum atomic E-state index is -2.15. The Bertz CT molecular complexity index is 300. The van der Waals surface area contributed by atoms with Gasteiger partial charge in [-0.15, -0.1) is 0 Å². The maximum Gasteiger partial charge on any atom is 0.370 e.